The van der Waals surface area contributed by atoms with Crippen molar-refractivity contribution in [1.29, 1.82) is 0 Å². The molecule has 0 bridgehead atoms. The normalized spacial score (nSPS) is 16.3. The molecule has 0 saturated carbocycles. The van der Waals surface area contributed by atoms with Gasteiger partial charge in [-0.05, 0) is 12.1 Å². The SMILES string of the molecule is O=C(Nc1cccc(-c2ncn[nH]2)c1)C1CC(=O)N(c2cc(F)c(F)c(F)c2)C1. The number of carbonyl (C=O) groups is 2. The Balaban J connectivity index is 1.48. The Bertz CT molecular complexity index is 1060. The molecule has 1 atom stereocenters. The van der Waals surface area contributed by atoms with E-state index in [1.165, 1.54) is 6.33 Å². The summed E-state index contributed by atoms with van der Waals surface area (Å²) in [5.41, 5.74) is 1.07. The second-order valence-electron chi connectivity index (χ2n) is 6.53. The number of hydrogen-bond donors (Lipinski definition) is 2. The van der Waals surface area contributed by atoms with Crippen LogP contribution in [0.15, 0.2) is 42.7 Å². The van der Waals surface area contributed by atoms with E-state index in [0.29, 0.717) is 17.1 Å². The van der Waals surface area contributed by atoms with E-state index in [9.17, 15) is 22.8 Å². The fourth-order valence-corrected chi connectivity index (χ4v) is 3.16. The molecule has 2 amide bonds. The molecule has 1 saturated heterocycles. The molecular weight excluding hydrogens is 387 g/mol. The number of halogens is 3. The van der Waals surface area contributed by atoms with Gasteiger partial charge in [0, 0.05) is 42.0 Å². The van der Waals surface area contributed by atoms with Crippen LogP contribution in [0.25, 0.3) is 11.4 Å². The number of carbonyl (C=O) groups excluding carboxylic acids is 2. The number of nitrogens with zero attached hydrogens (tertiary/aromatic N) is 3. The van der Waals surface area contributed by atoms with Gasteiger partial charge in [0.05, 0.1) is 5.92 Å². The van der Waals surface area contributed by atoms with Crippen LogP contribution in [-0.2, 0) is 9.59 Å². The van der Waals surface area contributed by atoms with Crippen molar-refractivity contribution in [2.45, 2.75) is 6.42 Å². The summed E-state index contributed by atoms with van der Waals surface area (Å²) >= 11 is 0. The van der Waals surface area contributed by atoms with E-state index in [1.807, 2.05) is 0 Å². The van der Waals surface area contributed by atoms with Crippen molar-refractivity contribution < 1.29 is 22.8 Å². The average Bonchev–Trinajstić information content (AvgIpc) is 3.36. The fraction of sp³-hybridized carbons (Fsp3) is 0.158. The quantitative estimate of drug-likeness (QED) is 0.658. The van der Waals surface area contributed by atoms with E-state index in [1.54, 1.807) is 24.3 Å². The third-order valence-electron chi connectivity index (χ3n) is 4.59. The molecule has 1 aromatic heterocycles. The lowest BCUT2D eigenvalue weighted by Crippen LogP contribution is -2.28. The van der Waals surface area contributed by atoms with Crippen molar-refractivity contribution in [1.82, 2.24) is 15.2 Å². The first-order valence-electron chi connectivity index (χ1n) is 8.64. The minimum absolute atomic E-state index is 0.0724. The molecule has 0 radical (unpaired) electrons. The van der Waals surface area contributed by atoms with Crippen molar-refractivity contribution in [3.8, 4) is 11.4 Å². The predicted molar refractivity (Wildman–Crippen MR) is 97.2 cm³/mol. The lowest BCUT2D eigenvalue weighted by molar-refractivity contribution is -0.122. The van der Waals surface area contributed by atoms with Crippen LogP contribution in [0.1, 0.15) is 6.42 Å². The van der Waals surface area contributed by atoms with Gasteiger partial charge in [0.25, 0.3) is 0 Å². The van der Waals surface area contributed by atoms with Gasteiger partial charge in [0.1, 0.15) is 6.33 Å². The van der Waals surface area contributed by atoms with Crippen LogP contribution in [0, 0.1) is 23.4 Å². The van der Waals surface area contributed by atoms with E-state index in [4.69, 9.17) is 0 Å². The first-order valence-corrected chi connectivity index (χ1v) is 8.64. The summed E-state index contributed by atoms with van der Waals surface area (Å²) in [5, 5.41) is 9.21. The molecule has 1 fully saturated rings. The van der Waals surface area contributed by atoms with Crippen molar-refractivity contribution in [2.24, 2.45) is 5.92 Å². The van der Waals surface area contributed by atoms with E-state index in [-0.39, 0.29) is 18.7 Å². The largest absolute Gasteiger partial charge is 0.326 e. The Morgan fingerprint density at radius 2 is 1.93 bits per heavy atom. The zero-order valence-electron chi connectivity index (χ0n) is 14.8. The third kappa shape index (κ3) is 3.68. The Labute approximate surface area is 162 Å². The Morgan fingerprint density at radius 3 is 2.62 bits per heavy atom. The minimum atomic E-state index is -1.61. The average molecular weight is 401 g/mol. The minimum Gasteiger partial charge on any atom is -0.326 e. The lowest BCUT2D eigenvalue weighted by atomic mass is 10.1. The van der Waals surface area contributed by atoms with Crippen LogP contribution < -0.4 is 10.2 Å². The first-order chi connectivity index (χ1) is 13.9. The maximum atomic E-state index is 13.5. The zero-order chi connectivity index (χ0) is 20.5. The number of hydrogen-bond acceptors (Lipinski definition) is 4. The van der Waals surface area contributed by atoms with Crippen LogP contribution in [0.4, 0.5) is 24.5 Å². The van der Waals surface area contributed by atoms with Crippen molar-refractivity contribution in [2.75, 3.05) is 16.8 Å². The number of rotatable bonds is 4. The third-order valence-corrected chi connectivity index (χ3v) is 4.59. The highest BCUT2D eigenvalue weighted by Gasteiger charge is 2.36. The molecule has 1 aliphatic heterocycles. The van der Waals surface area contributed by atoms with Crippen LogP contribution >= 0.6 is 0 Å². The number of aromatic nitrogens is 3. The van der Waals surface area contributed by atoms with Gasteiger partial charge in [-0.3, -0.25) is 14.7 Å². The van der Waals surface area contributed by atoms with Crippen LogP contribution in [0.2, 0.25) is 0 Å². The van der Waals surface area contributed by atoms with Crippen LogP contribution in [0.5, 0.6) is 0 Å². The Hall–Kier alpha value is -3.69. The molecule has 2 heterocycles. The highest BCUT2D eigenvalue weighted by atomic mass is 19.2. The van der Waals surface area contributed by atoms with Gasteiger partial charge in [-0.2, -0.15) is 5.10 Å². The van der Waals surface area contributed by atoms with Gasteiger partial charge in [0.2, 0.25) is 11.8 Å². The molecule has 0 spiro atoms. The van der Waals surface area contributed by atoms with E-state index < -0.39 is 35.2 Å². The topological polar surface area (TPSA) is 91.0 Å². The summed E-state index contributed by atoms with van der Waals surface area (Å²) in [7, 11) is 0. The molecule has 3 aromatic rings. The number of H-pyrrole nitrogens is 1. The molecule has 2 N–H and O–H groups in total. The van der Waals surface area contributed by atoms with E-state index in [2.05, 4.69) is 20.5 Å². The smallest absolute Gasteiger partial charge is 0.229 e. The molecule has 0 aliphatic carbocycles. The second kappa shape index (κ2) is 7.38. The van der Waals surface area contributed by atoms with Gasteiger partial charge in [-0.1, -0.05) is 12.1 Å². The van der Waals surface area contributed by atoms with Crippen LogP contribution in [-0.4, -0.2) is 33.5 Å². The molecule has 29 heavy (non-hydrogen) atoms. The summed E-state index contributed by atoms with van der Waals surface area (Å²) in [4.78, 5) is 29.9. The van der Waals surface area contributed by atoms with E-state index >= 15 is 0 Å². The van der Waals surface area contributed by atoms with Crippen molar-refractivity contribution >= 4 is 23.2 Å². The van der Waals surface area contributed by atoms with Crippen molar-refractivity contribution in [3.63, 3.8) is 0 Å². The molecule has 1 unspecified atom stereocenters. The second-order valence-corrected chi connectivity index (χ2v) is 6.53. The lowest BCUT2D eigenvalue weighted by Gasteiger charge is -2.17. The Kier molecular flexibility index (Phi) is 4.75. The predicted octanol–water partition coefficient (Wildman–Crippen LogP) is 2.88. The number of amides is 2. The number of benzene rings is 2. The maximum absolute atomic E-state index is 13.5. The molecule has 2 aromatic carbocycles. The van der Waals surface area contributed by atoms with Gasteiger partial charge < -0.3 is 10.2 Å². The molecule has 148 valence electrons. The first kappa shape index (κ1) is 18.7. The Morgan fingerprint density at radius 1 is 1.17 bits per heavy atom. The standard InChI is InChI=1S/C19H14F3N5O2/c20-14-6-13(7-15(21)17(14)22)27-8-11(5-16(27)28)19(29)25-12-3-1-2-10(4-12)18-23-9-24-26-18/h1-4,6-7,9,11H,5,8H2,(H,25,29)(H,23,24,26). The van der Waals surface area contributed by atoms with Crippen LogP contribution in [0.3, 0.4) is 0 Å². The van der Waals surface area contributed by atoms with Gasteiger partial charge in [0.15, 0.2) is 23.3 Å². The number of aromatic amines is 1. The highest BCUT2D eigenvalue weighted by Crippen LogP contribution is 2.29. The van der Waals surface area contributed by atoms with Gasteiger partial charge in [-0.25, -0.2) is 18.2 Å². The van der Waals surface area contributed by atoms with Gasteiger partial charge in [-0.15, -0.1) is 0 Å². The summed E-state index contributed by atoms with van der Waals surface area (Å²) < 4.78 is 40.1. The summed E-state index contributed by atoms with van der Waals surface area (Å²) in [6.45, 7) is -0.0724. The molecule has 4 rings (SSSR count). The van der Waals surface area contributed by atoms with E-state index in [0.717, 1.165) is 17.0 Å². The summed E-state index contributed by atoms with van der Waals surface area (Å²) in [6.07, 6.45) is 1.23. The number of nitrogens with one attached hydrogen (secondary N) is 2. The summed E-state index contributed by atoms with van der Waals surface area (Å²) in [5.74, 6) is -5.50. The fourth-order valence-electron chi connectivity index (χ4n) is 3.16. The van der Waals surface area contributed by atoms with Crippen molar-refractivity contribution in [3.05, 3.63) is 60.2 Å². The summed E-state index contributed by atoms with van der Waals surface area (Å²) in [6, 6.07) is 8.35. The zero-order valence-corrected chi connectivity index (χ0v) is 14.8. The molecular formula is C19H14F3N5O2. The van der Waals surface area contributed by atoms with Gasteiger partial charge >= 0.3 is 0 Å². The monoisotopic (exact) mass is 401 g/mol. The number of anilines is 2. The maximum Gasteiger partial charge on any atom is 0.229 e. The molecule has 10 heteroatoms. The molecule has 7 nitrogen and oxygen atoms in total. The highest BCUT2D eigenvalue weighted by molar-refractivity contribution is 6.03. The molecule has 1 aliphatic rings.